The molecule has 17 heavy (non-hydrogen) atoms. The summed E-state index contributed by atoms with van der Waals surface area (Å²) in [4.78, 5) is 0. The van der Waals surface area contributed by atoms with Gasteiger partial charge in [0, 0.05) is 6.04 Å². The smallest absolute Gasteiger partial charge is 0.126 e. The second-order valence-electron chi connectivity index (χ2n) is 5.12. The minimum atomic E-state index is -0.0786. The molecule has 0 amide bonds. The Balaban J connectivity index is 2.80. The van der Waals surface area contributed by atoms with E-state index in [2.05, 4.69) is 33.0 Å². The standard InChI is InChI=1S/C15H24FN/c1-5-8-17-12(4)13-6-7-15(16)14(10-13)9-11(2)3/h6-7,10-12,17H,5,8-9H2,1-4H3. The molecule has 1 aromatic carbocycles. The summed E-state index contributed by atoms with van der Waals surface area (Å²) in [5.74, 6) is 0.406. The Hall–Kier alpha value is -0.890. The van der Waals surface area contributed by atoms with Gasteiger partial charge in [0.05, 0.1) is 0 Å². The highest BCUT2D eigenvalue weighted by atomic mass is 19.1. The summed E-state index contributed by atoms with van der Waals surface area (Å²) in [6, 6.07) is 5.77. The summed E-state index contributed by atoms with van der Waals surface area (Å²) in [5, 5.41) is 3.43. The highest BCUT2D eigenvalue weighted by Gasteiger charge is 2.09. The fourth-order valence-corrected chi connectivity index (χ4v) is 1.94. The van der Waals surface area contributed by atoms with Gasteiger partial charge in [0.1, 0.15) is 5.82 Å². The first kappa shape index (κ1) is 14.2. The third-order valence-electron chi connectivity index (χ3n) is 2.90. The molecule has 1 N–H and O–H groups in total. The summed E-state index contributed by atoms with van der Waals surface area (Å²) in [7, 11) is 0. The molecule has 0 spiro atoms. The summed E-state index contributed by atoms with van der Waals surface area (Å²) in [6.45, 7) is 9.50. The fraction of sp³-hybridized carbons (Fsp3) is 0.600. The lowest BCUT2D eigenvalue weighted by Crippen LogP contribution is -2.19. The van der Waals surface area contributed by atoms with Crippen molar-refractivity contribution in [1.29, 1.82) is 0 Å². The summed E-state index contributed by atoms with van der Waals surface area (Å²) in [6.07, 6.45) is 1.92. The summed E-state index contributed by atoms with van der Waals surface area (Å²) in [5.41, 5.74) is 2.01. The topological polar surface area (TPSA) is 12.0 Å². The monoisotopic (exact) mass is 237 g/mol. The van der Waals surface area contributed by atoms with Gasteiger partial charge in [0.25, 0.3) is 0 Å². The molecule has 1 atom stereocenters. The average Bonchev–Trinajstić information content (AvgIpc) is 2.28. The molecule has 0 aliphatic rings. The van der Waals surface area contributed by atoms with Crippen molar-refractivity contribution >= 4 is 0 Å². The lowest BCUT2D eigenvalue weighted by Gasteiger charge is -2.16. The quantitative estimate of drug-likeness (QED) is 0.786. The Morgan fingerprint density at radius 3 is 2.53 bits per heavy atom. The highest BCUT2D eigenvalue weighted by Crippen LogP contribution is 2.19. The van der Waals surface area contributed by atoms with Crippen LogP contribution in [0.25, 0.3) is 0 Å². The maximum atomic E-state index is 13.6. The van der Waals surface area contributed by atoms with Crippen LogP contribution in [0.1, 0.15) is 51.3 Å². The predicted octanol–water partition coefficient (Wildman–Crippen LogP) is 4.08. The minimum Gasteiger partial charge on any atom is -0.310 e. The minimum absolute atomic E-state index is 0.0786. The van der Waals surface area contributed by atoms with Crippen molar-refractivity contribution in [3.05, 3.63) is 35.1 Å². The van der Waals surface area contributed by atoms with Gasteiger partial charge in [0.2, 0.25) is 0 Å². The van der Waals surface area contributed by atoms with Gasteiger partial charge < -0.3 is 5.32 Å². The fourth-order valence-electron chi connectivity index (χ4n) is 1.94. The second kappa shape index (κ2) is 6.75. The lowest BCUT2D eigenvalue weighted by molar-refractivity contribution is 0.554. The van der Waals surface area contributed by atoms with E-state index in [1.165, 1.54) is 5.56 Å². The molecule has 0 saturated carbocycles. The van der Waals surface area contributed by atoms with E-state index >= 15 is 0 Å². The number of rotatable bonds is 6. The molecule has 0 radical (unpaired) electrons. The third kappa shape index (κ3) is 4.47. The van der Waals surface area contributed by atoms with Gasteiger partial charge in [-0.05, 0) is 49.4 Å². The van der Waals surface area contributed by atoms with Crippen LogP contribution in [0.15, 0.2) is 18.2 Å². The van der Waals surface area contributed by atoms with E-state index < -0.39 is 0 Å². The Labute approximate surface area is 104 Å². The van der Waals surface area contributed by atoms with E-state index in [4.69, 9.17) is 0 Å². The molecular formula is C15H24FN. The molecule has 1 rings (SSSR count). The van der Waals surface area contributed by atoms with Crippen molar-refractivity contribution in [3.63, 3.8) is 0 Å². The first-order valence-corrected chi connectivity index (χ1v) is 6.56. The van der Waals surface area contributed by atoms with Crippen molar-refractivity contribution < 1.29 is 4.39 Å². The summed E-state index contributed by atoms with van der Waals surface area (Å²) >= 11 is 0. The van der Waals surface area contributed by atoms with Crippen molar-refractivity contribution in [2.75, 3.05) is 6.54 Å². The Bertz CT molecular complexity index is 347. The largest absolute Gasteiger partial charge is 0.310 e. The van der Waals surface area contributed by atoms with E-state index in [-0.39, 0.29) is 5.82 Å². The van der Waals surface area contributed by atoms with Crippen LogP contribution >= 0.6 is 0 Å². The van der Waals surface area contributed by atoms with E-state index in [0.717, 1.165) is 24.9 Å². The van der Waals surface area contributed by atoms with Gasteiger partial charge in [-0.3, -0.25) is 0 Å². The Morgan fingerprint density at radius 2 is 1.94 bits per heavy atom. The maximum absolute atomic E-state index is 13.6. The predicted molar refractivity (Wildman–Crippen MR) is 71.7 cm³/mol. The molecule has 0 fully saturated rings. The number of hydrogen-bond donors (Lipinski definition) is 1. The zero-order valence-electron chi connectivity index (χ0n) is 11.4. The van der Waals surface area contributed by atoms with Crippen LogP contribution < -0.4 is 5.32 Å². The van der Waals surface area contributed by atoms with Crippen LogP contribution in [0, 0.1) is 11.7 Å². The third-order valence-corrected chi connectivity index (χ3v) is 2.90. The van der Waals surface area contributed by atoms with Gasteiger partial charge in [-0.15, -0.1) is 0 Å². The SMILES string of the molecule is CCCNC(C)c1ccc(F)c(CC(C)C)c1. The van der Waals surface area contributed by atoms with Crippen LogP contribution in [0.4, 0.5) is 4.39 Å². The molecule has 96 valence electrons. The molecule has 1 aromatic rings. The first-order valence-electron chi connectivity index (χ1n) is 6.56. The molecule has 0 aliphatic carbocycles. The molecule has 2 heteroatoms. The van der Waals surface area contributed by atoms with Crippen LogP contribution in [-0.4, -0.2) is 6.54 Å². The van der Waals surface area contributed by atoms with Crippen LogP contribution in [-0.2, 0) is 6.42 Å². The van der Waals surface area contributed by atoms with E-state index in [0.29, 0.717) is 12.0 Å². The normalized spacial score (nSPS) is 13.1. The van der Waals surface area contributed by atoms with Crippen LogP contribution in [0.2, 0.25) is 0 Å². The van der Waals surface area contributed by atoms with Crippen molar-refractivity contribution in [2.45, 2.75) is 46.6 Å². The Morgan fingerprint density at radius 1 is 1.24 bits per heavy atom. The number of hydrogen-bond acceptors (Lipinski definition) is 1. The van der Waals surface area contributed by atoms with Crippen LogP contribution in [0.3, 0.4) is 0 Å². The molecule has 0 aliphatic heterocycles. The van der Waals surface area contributed by atoms with Crippen molar-refractivity contribution in [3.8, 4) is 0 Å². The molecule has 1 unspecified atom stereocenters. The van der Waals surface area contributed by atoms with Crippen LogP contribution in [0.5, 0.6) is 0 Å². The van der Waals surface area contributed by atoms with E-state index in [9.17, 15) is 4.39 Å². The van der Waals surface area contributed by atoms with Crippen molar-refractivity contribution in [1.82, 2.24) is 5.32 Å². The van der Waals surface area contributed by atoms with Gasteiger partial charge in [0.15, 0.2) is 0 Å². The van der Waals surface area contributed by atoms with Crippen molar-refractivity contribution in [2.24, 2.45) is 5.92 Å². The molecule has 0 saturated heterocycles. The Kier molecular flexibility index (Phi) is 5.63. The molecule has 0 aromatic heterocycles. The maximum Gasteiger partial charge on any atom is 0.126 e. The lowest BCUT2D eigenvalue weighted by atomic mass is 9.98. The second-order valence-corrected chi connectivity index (χ2v) is 5.12. The number of nitrogens with one attached hydrogen (secondary N) is 1. The zero-order chi connectivity index (χ0) is 12.8. The van der Waals surface area contributed by atoms with Gasteiger partial charge in [-0.1, -0.05) is 32.9 Å². The molecule has 0 bridgehead atoms. The first-order chi connectivity index (χ1) is 8.04. The molecule has 1 nitrogen and oxygen atoms in total. The van der Waals surface area contributed by atoms with Gasteiger partial charge in [-0.25, -0.2) is 4.39 Å². The summed E-state index contributed by atoms with van der Waals surface area (Å²) < 4.78 is 13.6. The van der Waals surface area contributed by atoms with E-state index in [1.807, 2.05) is 12.1 Å². The molecule has 0 heterocycles. The average molecular weight is 237 g/mol. The molecular weight excluding hydrogens is 213 g/mol. The van der Waals surface area contributed by atoms with Gasteiger partial charge in [-0.2, -0.15) is 0 Å². The number of halogens is 1. The highest BCUT2D eigenvalue weighted by molar-refractivity contribution is 5.27. The number of benzene rings is 1. The van der Waals surface area contributed by atoms with Gasteiger partial charge >= 0.3 is 0 Å². The zero-order valence-corrected chi connectivity index (χ0v) is 11.4. The van der Waals surface area contributed by atoms with E-state index in [1.54, 1.807) is 6.07 Å².